The largest absolute Gasteiger partial charge is 0.486 e. The lowest BCUT2D eigenvalue weighted by Crippen LogP contribution is -2.45. The minimum Gasteiger partial charge on any atom is -0.486 e. The van der Waals surface area contributed by atoms with Crippen molar-refractivity contribution in [1.82, 2.24) is 9.62 Å². The van der Waals surface area contributed by atoms with Gasteiger partial charge in [-0.15, -0.1) is 0 Å². The molecule has 1 amide bonds. The molecule has 2 aliphatic heterocycles. The lowest BCUT2D eigenvalue weighted by molar-refractivity contribution is -0.137. The molecule has 2 aliphatic rings. The first-order chi connectivity index (χ1) is 15.2. The number of benzene rings is 2. The topological polar surface area (TPSA) is 84.9 Å². The van der Waals surface area contributed by atoms with Crippen LogP contribution in [0.4, 0.5) is 13.2 Å². The number of nitrogens with zero attached hydrogens (tertiary/aromatic N) is 1. The molecule has 0 spiro atoms. The van der Waals surface area contributed by atoms with E-state index in [0.29, 0.717) is 43.1 Å². The van der Waals surface area contributed by atoms with E-state index in [-0.39, 0.29) is 18.0 Å². The first-order valence-electron chi connectivity index (χ1n) is 10.0. The molecule has 1 atom stereocenters. The van der Waals surface area contributed by atoms with Crippen LogP contribution >= 0.6 is 0 Å². The predicted molar refractivity (Wildman–Crippen MR) is 108 cm³/mol. The van der Waals surface area contributed by atoms with Crippen LogP contribution in [0.15, 0.2) is 47.4 Å². The van der Waals surface area contributed by atoms with Crippen LogP contribution in [0.3, 0.4) is 0 Å². The Morgan fingerprint density at radius 1 is 1.06 bits per heavy atom. The van der Waals surface area contributed by atoms with Crippen molar-refractivity contribution in [2.24, 2.45) is 0 Å². The molecule has 2 heterocycles. The van der Waals surface area contributed by atoms with Crippen LogP contribution in [0.5, 0.6) is 11.5 Å². The predicted octanol–water partition coefficient (Wildman–Crippen LogP) is 2.95. The quantitative estimate of drug-likeness (QED) is 0.727. The first-order valence-corrected chi connectivity index (χ1v) is 11.5. The Balaban J connectivity index is 1.45. The molecule has 4 rings (SSSR count). The SMILES string of the molecule is O=C(NCc1ccc(C(F)(F)F)cc1)C1CCCN1S(=O)(=O)c1ccc2c(c1)OCCO2. The second kappa shape index (κ2) is 8.62. The molecule has 0 saturated carbocycles. The lowest BCUT2D eigenvalue weighted by atomic mass is 10.1. The standard InChI is InChI=1S/C21H21F3N2O5S/c22-21(23,24)15-5-3-14(4-6-15)13-25-20(27)17-2-1-9-26(17)32(28,29)16-7-8-18-19(12-16)31-11-10-30-18/h3-8,12,17H,1-2,9-11,13H2,(H,25,27). The summed E-state index contributed by atoms with van der Waals surface area (Å²) in [5.41, 5.74) is -0.300. The van der Waals surface area contributed by atoms with Gasteiger partial charge in [-0.3, -0.25) is 4.79 Å². The Labute approximate surface area is 183 Å². The number of amides is 1. The molecule has 1 saturated heterocycles. The van der Waals surface area contributed by atoms with Crippen LogP contribution in [-0.2, 0) is 27.5 Å². The number of rotatable bonds is 5. The highest BCUT2D eigenvalue weighted by Crippen LogP contribution is 2.35. The van der Waals surface area contributed by atoms with E-state index < -0.39 is 33.7 Å². The van der Waals surface area contributed by atoms with E-state index >= 15 is 0 Å². The summed E-state index contributed by atoms with van der Waals surface area (Å²) >= 11 is 0. The van der Waals surface area contributed by atoms with Crippen LogP contribution in [0.25, 0.3) is 0 Å². The smallest absolute Gasteiger partial charge is 0.416 e. The number of carbonyl (C=O) groups is 1. The summed E-state index contributed by atoms with van der Waals surface area (Å²) in [7, 11) is -3.96. The van der Waals surface area contributed by atoms with Gasteiger partial charge in [0.1, 0.15) is 19.3 Å². The molecular weight excluding hydrogens is 449 g/mol. The van der Waals surface area contributed by atoms with E-state index in [2.05, 4.69) is 5.32 Å². The maximum Gasteiger partial charge on any atom is 0.416 e. The van der Waals surface area contributed by atoms with E-state index in [4.69, 9.17) is 9.47 Å². The molecule has 1 N–H and O–H groups in total. The molecule has 1 fully saturated rings. The van der Waals surface area contributed by atoms with Crippen LogP contribution in [0.1, 0.15) is 24.0 Å². The van der Waals surface area contributed by atoms with Crippen molar-refractivity contribution in [3.05, 3.63) is 53.6 Å². The number of carbonyl (C=O) groups excluding carboxylic acids is 1. The summed E-state index contributed by atoms with van der Waals surface area (Å²) in [6.07, 6.45) is -3.57. The molecule has 32 heavy (non-hydrogen) atoms. The highest BCUT2D eigenvalue weighted by Gasteiger charge is 2.39. The highest BCUT2D eigenvalue weighted by atomic mass is 32.2. The second-order valence-electron chi connectivity index (χ2n) is 7.49. The number of fused-ring (bicyclic) bond motifs is 1. The van der Waals surface area contributed by atoms with Crippen molar-refractivity contribution in [2.45, 2.75) is 36.5 Å². The van der Waals surface area contributed by atoms with Crippen molar-refractivity contribution in [3.8, 4) is 11.5 Å². The summed E-state index contributed by atoms with van der Waals surface area (Å²) in [5.74, 6) is 0.297. The zero-order chi connectivity index (χ0) is 22.9. The molecular formula is C21H21F3N2O5S. The number of halogens is 3. The molecule has 172 valence electrons. The van der Waals surface area contributed by atoms with Gasteiger partial charge in [-0.2, -0.15) is 17.5 Å². The Morgan fingerprint density at radius 2 is 1.75 bits per heavy atom. The summed E-state index contributed by atoms with van der Waals surface area (Å²) < 4.78 is 76.4. The number of alkyl halides is 3. The fourth-order valence-electron chi connectivity index (χ4n) is 3.73. The molecule has 1 unspecified atom stereocenters. The van der Waals surface area contributed by atoms with Crippen molar-refractivity contribution in [1.29, 1.82) is 0 Å². The Bertz CT molecular complexity index is 1100. The van der Waals surface area contributed by atoms with Crippen molar-refractivity contribution in [2.75, 3.05) is 19.8 Å². The zero-order valence-electron chi connectivity index (χ0n) is 16.9. The fraction of sp³-hybridized carbons (Fsp3) is 0.381. The third-order valence-electron chi connectivity index (χ3n) is 5.37. The van der Waals surface area contributed by atoms with Crippen LogP contribution < -0.4 is 14.8 Å². The Morgan fingerprint density at radius 3 is 2.44 bits per heavy atom. The van der Waals surface area contributed by atoms with E-state index in [1.54, 1.807) is 0 Å². The van der Waals surface area contributed by atoms with Gasteiger partial charge < -0.3 is 14.8 Å². The summed E-state index contributed by atoms with van der Waals surface area (Å²) in [6.45, 7) is 0.877. The van der Waals surface area contributed by atoms with Crippen molar-refractivity contribution in [3.63, 3.8) is 0 Å². The van der Waals surface area contributed by atoms with Crippen LogP contribution in [0.2, 0.25) is 0 Å². The van der Waals surface area contributed by atoms with Gasteiger partial charge in [-0.05, 0) is 42.7 Å². The number of sulfonamides is 1. The normalized spacial score (nSPS) is 19.0. The fourth-order valence-corrected chi connectivity index (χ4v) is 5.40. The van der Waals surface area contributed by atoms with E-state index in [9.17, 15) is 26.4 Å². The number of nitrogens with one attached hydrogen (secondary N) is 1. The average molecular weight is 470 g/mol. The molecule has 0 bridgehead atoms. The molecule has 0 aliphatic carbocycles. The second-order valence-corrected chi connectivity index (χ2v) is 9.38. The Kier molecular flexibility index (Phi) is 6.04. The number of hydrogen-bond acceptors (Lipinski definition) is 5. The molecule has 0 aromatic heterocycles. The van der Waals surface area contributed by atoms with Gasteiger partial charge in [0.2, 0.25) is 15.9 Å². The van der Waals surface area contributed by atoms with Gasteiger partial charge in [-0.25, -0.2) is 8.42 Å². The Hall–Kier alpha value is -2.79. The van der Waals surface area contributed by atoms with E-state index in [0.717, 1.165) is 16.4 Å². The minimum absolute atomic E-state index is 0.00388. The maximum absolute atomic E-state index is 13.2. The van der Waals surface area contributed by atoms with Gasteiger partial charge in [0.05, 0.1) is 10.5 Å². The zero-order valence-corrected chi connectivity index (χ0v) is 17.7. The number of ether oxygens (including phenoxy) is 2. The summed E-state index contributed by atoms with van der Waals surface area (Å²) in [5, 5.41) is 2.63. The first kappa shape index (κ1) is 22.4. The third-order valence-corrected chi connectivity index (χ3v) is 7.28. The maximum atomic E-state index is 13.2. The molecule has 2 aromatic rings. The van der Waals surface area contributed by atoms with Crippen LogP contribution in [-0.4, -0.2) is 44.4 Å². The van der Waals surface area contributed by atoms with Gasteiger partial charge in [-0.1, -0.05) is 12.1 Å². The van der Waals surface area contributed by atoms with Gasteiger partial charge in [0.25, 0.3) is 0 Å². The molecule has 2 aromatic carbocycles. The molecule has 7 nitrogen and oxygen atoms in total. The minimum atomic E-state index is -4.44. The third kappa shape index (κ3) is 4.53. The van der Waals surface area contributed by atoms with Crippen molar-refractivity contribution < 1.29 is 35.9 Å². The summed E-state index contributed by atoms with van der Waals surface area (Å²) in [6, 6.07) is 7.87. The summed E-state index contributed by atoms with van der Waals surface area (Å²) in [4.78, 5) is 12.7. The van der Waals surface area contributed by atoms with Crippen molar-refractivity contribution >= 4 is 15.9 Å². The van der Waals surface area contributed by atoms with E-state index in [1.807, 2.05) is 0 Å². The van der Waals surface area contributed by atoms with Gasteiger partial charge in [0.15, 0.2) is 11.5 Å². The molecule has 0 radical (unpaired) electrons. The highest BCUT2D eigenvalue weighted by molar-refractivity contribution is 7.89. The van der Waals surface area contributed by atoms with Crippen LogP contribution in [0, 0.1) is 0 Å². The lowest BCUT2D eigenvalue weighted by Gasteiger charge is -2.24. The van der Waals surface area contributed by atoms with Gasteiger partial charge >= 0.3 is 6.18 Å². The van der Waals surface area contributed by atoms with Gasteiger partial charge in [0, 0.05) is 19.2 Å². The average Bonchev–Trinajstić information content (AvgIpc) is 3.28. The molecule has 11 heteroatoms. The van der Waals surface area contributed by atoms with E-state index in [1.165, 1.54) is 30.3 Å². The number of hydrogen-bond donors (Lipinski definition) is 1. The monoisotopic (exact) mass is 470 g/mol.